The summed E-state index contributed by atoms with van der Waals surface area (Å²) in [6, 6.07) is 10.6. The number of hydrogen-bond acceptors (Lipinski definition) is 5. The first-order chi connectivity index (χ1) is 12.0. The summed E-state index contributed by atoms with van der Waals surface area (Å²) in [5.74, 6) is -0.225. The SMILES string of the molecule is CCCn1nc(C(=O)N(C)[C@@H](C)c2nc3ccccc3s2)ccc1=O. The molecule has 7 heteroatoms. The number of fused-ring (bicyclic) bond motifs is 1. The predicted molar refractivity (Wildman–Crippen MR) is 98.9 cm³/mol. The van der Waals surface area contributed by atoms with Crippen LogP contribution < -0.4 is 5.56 Å². The molecule has 0 bridgehead atoms. The van der Waals surface area contributed by atoms with Gasteiger partial charge < -0.3 is 4.90 Å². The molecule has 3 rings (SSSR count). The summed E-state index contributed by atoms with van der Waals surface area (Å²) in [5.41, 5.74) is 1.01. The molecule has 1 amide bonds. The van der Waals surface area contributed by atoms with Crippen LogP contribution in [0.3, 0.4) is 0 Å². The van der Waals surface area contributed by atoms with Gasteiger partial charge >= 0.3 is 0 Å². The Hall–Kier alpha value is -2.54. The number of hydrogen-bond donors (Lipinski definition) is 0. The van der Waals surface area contributed by atoms with Crippen LogP contribution in [0.5, 0.6) is 0 Å². The topological polar surface area (TPSA) is 68.1 Å². The molecule has 0 fully saturated rings. The van der Waals surface area contributed by atoms with Crippen LogP contribution in [-0.4, -0.2) is 32.6 Å². The molecule has 0 aliphatic rings. The molecule has 0 aliphatic heterocycles. The van der Waals surface area contributed by atoms with Crippen LogP contribution in [0.2, 0.25) is 0 Å². The first-order valence-electron chi connectivity index (χ1n) is 8.22. The summed E-state index contributed by atoms with van der Waals surface area (Å²) in [6.45, 7) is 4.40. The van der Waals surface area contributed by atoms with Crippen LogP contribution in [0.25, 0.3) is 10.2 Å². The zero-order valence-electron chi connectivity index (χ0n) is 14.5. The van der Waals surface area contributed by atoms with E-state index < -0.39 is 0 Å². The lowest BCUT2D eigenvalue weighted by molar-refractivity contribution is 0.0733. The van der Waals surface area contributed by atoms with Gasteiger partial charge in [0.1, 0.15) is 10.7 Å². The molecule has 2 aromatic heterocycles. The van der Waals surface area contributed by atoms with E-state index in [1.165, 1.54) is 16.8 Å². The number of amides is 1. The van der Waals surface area contributed by atoms with Crippen molar-refractivity contribution in [2.24, 2.45) is 0 Å². The van der Waals surface area contributed by atoms with Crippen molar-refractivity contribution in [1.29, 1.82) is 0 Å². The molecule has 1 aromatic carbocycles. The minimum absolute atomic E-state index is 0.182. The van der Waals surface area contributed by atoms with E-state index in [2.05, 4.69) is 10.1 Å². The third kappa shape index (κ3) is 3.46. The van der Waals surface area contributed by atoms with Crippen LogP contribution in [-0.2, 0) is 6.54 Å². The Morgan fingerprint density at radius 3 is 2.76 bits per heavy atom. The molecular weight excluding hydrogens is 336 g/mol. The van der Waals surface area contributed by atoms with Gasteiger partial charge in [0.15, 0.2) is 0 Å². The average Bonchev–Trinajstić information content (AvgIpc) is 3.06. The highest BCUT2D eigenvalue weighted by atomic mass is 32.1. The maximum atomic E-state index is 12.8. The molecule has 0 unspecified atom stereocenters. The first kappa shape index (κ1) is 17.3. The van der Waals surface area contributed by atoms with Crippen molar-refractivity contribution in [3.8, 4) is 0 Å². The number of thiazole rings is 1. The first-order valence-corrected chi connectivity index (χ1v) is 9.03. The van der Waals surface area contributed by atoms with Gasteiger partial charge in [0.25, 0.3) is 11.5 Å². The summed E-state index contributed by atoms with van der Waals surface area (Å²) in [5, 5.41) is 5.07. The second-order valence-electron chi connectivity index (χ2n) is 5.89. The van der Waals surface area contributed by atoms with Crippen molar-refractivity contribution in [3.05, 3.63) is 57.5 Å². The van der Waals surface area contributed by atoms with Gasteiger partial charge in [-0.05, 0) is 31.5 Å². The van der Waals surface area contributed by atoms with Crippen molar-refractivity contribution in [3.63, 3.8) is 0 Å². The Labute approximate surface area is 149 Å². The highest BCUT2D eigenvalue weighted by Gasteiger charge is 2.23. The number of aryl methyl sites for hydroxylation is 1. The van der Waals surface area contributed by atoms with Gasteiger partial charge in [-0.25, -0.2) is 9.67 Å². The van der Waals surface area contributed by atoms with Crippen molar-refractivity contribution in [1.82, 2.24) is 19.7 Å². The van der Waals surface area contributed by atoms with E-state index in [4.69, 9.17) is 0 Å². The Morgan fingerprint density at radius 1 is 1.28 bits per heavy atom. The molecule has 1 atom stereocenters. The minimum Gasteiger partial charge on any atom is -0.331 e. The largest absolute Gasteiger partial charge is 0.331 e. The lowest BCUT2D eigenvalue weighted by atomic mass is 10.2. The molecular formula is C18H20N4O2S. The number of para-hydroxylation sites is 1. The zero-order chi connectivity index (χ0) is 18.0. The third-order valence-corrected chi connectivity index (χ3v) is 5.30. The molecule has 0 spiro atoms. The number of carbonyl (C=O) groups is 1. The van der Waals surface area contributed by atoms with E-state index in [-0.39, 0.29) is 23.2 Å². The third-order valence-electron chi connectivity index (χ3n) is 4.09. The van der Waals surface area contributed by atoms with Crippen LogP contribution >= 0.6 is 11.3 Å². The number of benzene rings is 1. The Morgan fingerprint density at radius 2 is 2.04 bits per heavy atom. The second-order valence-corrected chi connectivity index (χ2v) is 6.95. The van der Waals surface area contributed by atoms with Crippen LogP contribution in [0.4, 0.5) is 0 Å². The number of nitrogens with zero attached hydrogens (tertiary/aromatic N) is 4. The van der Waals surface area contributed by atoms with Gasteiger partial charge in [0.2, 0.25) is 0 Å². The van der Waals surface area contributed by atoms with E-state index in [1.54, 1.807) is 23.3 Å². The Bertz CT molecular complexity index is 930. The van der Waals surface area contributed by atoms with Crippen LogP contribution in [0.15, 0.2) is 41.2 Å². The van der Waals surface area contributed by atoms with Crippen LogP contribution in [0.1, 0.15) is 41.8 Å². The van der Waals surface area contributed by atoms with Gasteiger partial charge in [0, 0.05) is 19.7 Å². The van der Waals surface area contributed by atoms with Gasteiger partial charge in [0.05, 0.1) is 16.3 Å². The van der Waals surface area contributed by atoms with E-state index in [0.29, 0.717) is 6.54 Å². The van der Waals surface area contributed by atoms with Gasteiger partial charge in [-0.2, -0.15) is 5.10 Å². The molecule has 6 nitrogen and oxygen atoms in total. The highest BCUT2D eigenvalue weighted by molar-refractivity contribution is 7.18. The van der Waals surface area contributed by atoms with E-state index in [0.717, 1.165) is 21.6 Å². The lowest BCUT2D eigenvalue weighted by Crippen LogP contribution is -2.33. The molecule has 0 N–H and O–H groups in total. The smallest absolute Gasteiger partial charge is 0.274 e. The minimum atomic E-state index is -0.225. The fourth-order valence-electron chi connectivity index (χ4n) is 2.53. The summed E-state index contributed by atoms with van der Waals surface area (Å²) in [7, 11) is 1.73. The van der Waals surface area contributed by atoms with Crippen molar-refractivity contribution in [2.45, 2.75) is 32.9 Å². The van der Waals surface area contributed by atoms with Gasteiger partial charge in [-0.3, -0.25) is 9.59 Å². The molecule has 2 heterocycles. The number of carbonyl (C=O) groups excluding carboxylic acids is 1. The molecule has 0 saturated heterocycles. The zero-order valence-corrected chi connectivity index (χ0v) is 15.3. The van der Waals surface area contributed by atoms with E-state index >= 15 is 0 Å². The summed E-state index contributed by atoms with van der Waals surface area (Å²) in [6.07, 6.45) is 0.780. The fourth-order valence-corrected chi connectivity index (χ4v) is 3.59. The second kappa shape index (κ2) is 7.14. The Kier molecular flexibility index (Phi) is 4.94. The van der Waals surface area contributed by atoms with Crippen molar-refractivity contribution >= 4 is 27.5 Å². The normalized spacial score (nSPS) is 12.3. The van der Waals surface area contributed by atoms with E-state index in [9.17, 15) is 9.59 Å². The van der Waals surface area contributed by atoms with Crippen molar-refractivity contribution < 1.29 is 4.79 Å². The monoisotopic (exact) mass is 356 g/mol. The van der Waals surface area contributed by atoms with Gasteiger partial charge in [-0.1, -0.05) is 19.1 Å². The van der Waals surface area contributed by atoms with Crippen molar-refractivity contribution in [2.75, 3.05) is 7.05 Å². The van der Waals surface area contributed by atoms with Crippen LogP contribution in [0, 0.1) is 0 Å². The lowest BCUT2D eigenvalue weighted by Gasteiger charge is -2.23. The predicted octanol–water partition coefficient (Wildman–Crippen LogP) is 3.10. The summed E-state index contributed by atoms with van der Waals surface area (Å²) < 4.78 is 2.43. The molecule has 3 aromatic rings. The maximum Gasteiger partial charge on any atom is 0.274 e. The number of rotatable bonds is 5. The Balaban J connectivity index is 1.86. The summed E-state index contributed by atoms with van der Waals surface area (Å²) in [4.78, 5) is 30.8. The van der Waals surface area contributed by atoms with Gasteiger partial charge in [-0.15, -0.1) is 11.3 Å². The average molecular weight is 356 g/mol. The van der Waals surface area contributed by atoms with E-state index in [1.807, 2.05) is 38.1 Å². The molecule has 0 aliphatic carbocycles. The molecule has 0 saturated carbocycles. The highest BCUT2D eigenvalue weighted by Crippen LogP contribution is 2.29. The fraction of sp³-hybridized carbons (Fsp3) is 0.333. The maximum absolute atomic E-state index is 12.8. The summed E-state index contributed by atoms with van der Waals surface area (Å²) >= 11 is 1.58. The molecule has 130 valence electrons. The number of aromatic nitrogens is 3. The standard InChI is InChI=1S/C18H20N4O2S/c1-4-11-22-16(23)10-9-14(20-22)18(24)21(3)12(2)17-19-13-7-5-6-8-15(13)25-17/h5-10,12H,4,11H2,1-3H3/t12-/m0/s1. The molecule has 25 heavy (non-hydrogen) atoms. The molecule has 0 radical (unpaired) electrons. The quantitative estimate of drug-likeness (QED) is 0.704.